The van der Waals surface area contributed by atoms with Crippen LogP contribution in [0.3, 0.4) is 0 Å². The lowest BCUT2D eigenvalue weighted by Gasteiger charge is -2.13. The Balaban J connectivity index is 2.04. The molecule has 1 N–H and O–H groups in total. The van der Waals surface area contributed by atoms with Gasteiger partial charge in [-0.05, 0) is 18.4 Å². The molecule has 0 saturated heterocycles. The van der Waals surface area contributed by atoms with Crippen LogP contribution in [-0.2, 0) is 0 Å². The molecule has 0 aliphatic heterocycles. The summed E-state index contributed by atoms with van der Waals surface area (Å²) in [5, 5.41) is 20.4. The van der Waals surface area contributed by atoms with Crippen LogP contribution in [0, 0.1) is 11.3 Å². The quantitative estimate of drug-likeness (QED) is 0.891. The summed E-state index contributed by atoms with van der Waals surface area (Å²) in [7, 11) is 0. The number of rotatable bonds is 3. The van der Waals surface area contributed by atoms with Gasteiger partial charge in [-0.1, -0.05) is 36.7 Å². The molecule has 0 radical (unpaired) electrons. The van der Waals surface area contributed by atoms with Crippen LogP contribution in [0.2, 0.25) is 0 Å². The average Bonchev–Trinajstić information content (AvgIpc) is 3.15. The minimum Gasteiger partial charge on any atom is -0.247 e. The van der Waals surface area contributed by atoms with E-state index in [2.05, 4.69) is 34.2 Å². The van der Waals surface area contributed by atoms with Gasteiger partial charge in [0.05, 0.1) is 5.03 Å². The molecule has 8 heteroatoms. The molecular weight excluding hydrogens is 337 g/mol. The molecule has 3 rings (SSSR count). The predicted octanol–water partition coefficient (Wildman–Crippen LogP) is 4.39. The molecular formula is C15H13ClFN5S. The van der Waals surface area contributed by atoms with E-state index >= 15 is 0 Å². The van der Waals surface area contributed by atoms with E-state index in [4.69, 9.17) is 16.9 Å². The largest absolute Gasteiger partial charge is 0.247 e. The number of nitriles is 1. The lowest BCUT2D eigenvalue weighted by Crippen LogP contribution is -2.00. The summed E-state index contributed by atoms with van der Waals surface area (Å²) in [5.41, 5.74) is 1.39. The fraction of sp³-hybridized carbons (Fsp3) is 0.333. The Morgan fingerprint density at radius 3 is 2.91 bits per heavy atom. The van der Waals surface area contributed by atoms with E-state index in [0.717, 1.165) is 9.88 Å². The van der Waals surface area contributed by atoms with E-state index in [1.54, 1.807) is 6.08 Å². The van der Waals surface area contributed by atoms with Crippen molar-refractivity contribution in [2.45, 2.75) is 32.1 Å². The molecule has 2 aromatic rings. The first-order valence-corrected chi connectivity index (χ1v) is 8.25. The maximum absolute atomic E-state index is 13.4. The minimum absolute atomic E-state index is 0.0734. The third kappa shape index (κ3) is 2.92. The number of H-pyrrole nitrogens is 1. The van der Waals surface area contributed by atoms with Gasteiger partial charge in [-0.15, -0.1) is 16.4 Å². The maximum atomic E-state index is 13.4. The number of hydrogen-bond acceptors (Lipinski definition) is 5. The highest BCUT2D eigenvalue weighted by molar-refractivity contribution is 7.12. The number of halogens is 2. The number of aromatic nitrogens is 4. The zero-order chi connectivity index (χ0) is 16.6. The molecule has 1 aliphatic rings. The standard InChI is InChI=1S/C15H13ClFN5S/c1-7(2)14-13(12-11(6-18)20-22-21-12)19-15(23-14)8-3-4-10(17)9(16)5-8/h3-4,7-8H,5H2,1-2H3,(H,20,21,22). The van der Waals surface area contributed by atoms with Crippen LogP contribution in [0.15, 0.2) is 23.0 Å². The monoisotopic (exact) mass is 349 g/mol. The van der Waals surface area contributed by atoms with E-state index in [0.29, 0.717) is 17.8 Å². The van der Waals surface area contributed by atoms with Gasteiger partial charge in [0.25, 0.3) is 0 Å². The summed E-state index contributed by atoms with van der Waals surface area (Å²) in [5.74, 6) is -0.252. The number of allylic oxidation sites excluding steroid dienone is 4. The van der Waals surface area contributed by atoms with Crippen molar-refractivity contribution in [1.82, 2.24) is 20.4 Å². The Bertz CT molecular complexity index is 842. The Morgan fingerprint density at radius 1 is 1.48 bits per heavy atom. The molecule has 2 heterocycles. The lowest BCUT2D eigenvalue weighted by molar-refractivity contribution is 0.637. The van der Waals surface area contributed by atoms with Gasteiger partial charge in [0.15, 0.2) is 5.69 Å². The first-order valence-electron chi connectivity index (χ1n) is 7.05. The van der Waals surface area contributed by atoms with Crippen molar-refractivity contribution < 1.29 is 4.39 Å². The number of hydrogen-bond donors (Lipinski definition) is 1. The first-order chi connectivity index (χ1) is 11.0. The molecule has 0 bridgehead atoms. The van der Waals surface area contributed by atoms with Crippen LogP contribution in [0.4, 0.5) is 4.39 Å². The molecule has 0 aromatic carbocycles. The summed E-state index contributed by atoms with van der Waals surface area (Å²) in [4.78, 5) is 5.67. The zero-order valence-corrected chi connectivity index (χ0v) is 14.0. The summed E-state index contributed by atoms with van der Waals surface area (Å²) in [6.45, 7) is 4.10. The van der Waals surface area contributed by atoms with Crippen molar-refractivity contribution in [2.24, 2.45) is 0 Å². The van der Waals surface area contributed by atoms with Crippen LogP contribution in [0.5, 0.6) is 0 Å². The summed E-state index contributed by atoms with van der Waals surface area (Å²) in [6.07, 6.45) is 3.53. The van der Waals surface area contributed by atoms with Gasteiger partial charge >= 0.3 is 0 Å². The van der Waals surface area contributed by atoms with E-state index in [-0.39, 0.29) is 22.6 Å². The second-order valence-corrected chi connectivity index (χ2v) is 7.01. The van der Waals surface area contributed by atoms with Gasteiger partial charge in [0.2, 0.25) is 0 Å². The SMILES string of the molecule is CC(C)c1sc(C2C=CC(F)=C(Cl)C2)nc1-c1nn[nH]c1C#N. The van der Waals surface area contributed by atoms with Crippen LogP contribution < -0.4 is 0 Å². The first kappa shape index (κ1) is 15.8. The minimum atomic E-state index is -0.396. The average molecular weight is 350 g/mol. The molecule has 5 nitrogen and oxygen atoms in total. The number of aromatic amines is 1. The van der Waals surface area contributed by atoms with E-state index < -0.39 is 5.83 Å². The molecule has 0 fully saturated rings. The van der Waals surface area contributed by atoms with Gasteiger partial charge in [-0.2, -0.15) is 5.26 Å². The molecule has 0 saturated carbocycles. The smallest absolute Gasteiger partial charge is 0.165 e. The second kappa shape index (κ2) is 6.22. The van der Waals surface area contributed by atoms with Crippen LogP contribution in [0.25, 0.3) is 11.4 Å². The summed E-state index contributed by atoms with van der Waals surface area (Å²) in [6, 6.07) is 2.03. The van der Waals surface area contributed by atoms with E-state index in [1.807, 2.05) is 6.07 Å². The molecule has 1 aliphatic carbocycles. The van der Waals surface area contributed by atoms with Gasteiger partial charge in [-0.25, -0.2) is 14.5 Å². The van der Waals surface area contributed by atoms with E-state index in [1.165, 1.54) is 17.4 Å². The maximum Gasteiger partial charge on any atom is 0.165 e. The molecule has 0 amide bonds. The van der Waals surface area contributed by atoms with E-state index in [9.17, 15) is 4.39 Å². The van der Waals surface area contributed by atoms with Crippen molar-refractivity contribution in [3.8, 4) is 17.5 Å². The fourth-order valence-corrected chi connectivity index (χ4v) is 3.74. The van der Waals surface area contributed by atoms with Crippen molar-refractivity contribution in [3.05, 3.63) is 38.6 Å². The number of nitrogens with zero attached hydrogens (tertiary/aromatic N) is 4. The number of thiazole rings is 1. The lowest BCUT2D eigenvalue weighted by atomic mass is 10.0. The van der Waals surface area contributed by atoms with Gasteiger partial charge in [0, 0.05) is 10.8 Å². The highest BCUT2D eigenvalue weighted by atomic mass is 35.5. The topological polar surface area (TPSA) is 78.2 Å². The molecule has 23 heavy (non-hydrogen) atoms. The van der Waals surface area contributed by atoms with Gasteiger partial charge < -0.3 is 0 Å². The van der Waals surface area contributed by atoms with Gasteiger partial charge in [-0.3, -0.25) is 0 Å². The summed E-state index contributed by atoms with van der Waals surface area (Å²) >= 11 is 7.47. The Kier molecular flexibility index (Phi) is 4.28. The van der Waals surface area contributed by atoms with Crippen LogP contribution in [0.1, 0.15) is 47.7 Å². The third-order valence-electron chi connectivity index (χ3n) is 3.53. The zero-order valence-electron chi connectivity index (χ0n) is 12.5. The third-order valence-corrected chi connectivity index (χ3v) is 5.35. The highest BCUT2D eigenvalue weighted by Gasteiger charge is 2.26. The van der Waals surface area contributed by atoms with Crippen LogP contribution in [-0.4, -0.2) is 20.4 Å². The molecule has 118 valence electrons. The summed E-state index contributed by atoms with van der Waals surface area (Å²) < 4.78 is 13.4. The molecule has 1 atom stereocenters. The predicted molar refractivity (Wildman–Crippen MR) is 86.8 cm³/mol. The fourth-order valence-electron chi connectivity index (χ4n) is 2.36. The normalized spacial score (nSPS) is 17.8. The number of nitrogens with one attached hydrogen (secondary N) is 1. The van der Waals surface area contributed by atoms with Gasteiger partial charge in [0.1, 0.15) is 28.3 Å². The highest BCUT2D eigenvalue weighted by Crippen LogP contribution is 2.41. The second-order valence-electron chi connectivity index (χ2n) is 5.49. The molecule has 0 spiro atoms. The van der Waals surface area contributed by atoms with Crippen molar-refractivity contribution >= 4 is 22.9 Å². The Hall–Kier alpha value is -2.04. The Labute approximate surface area is 141 Å². The Morgan fingerprint density at radius 2 is 2.26 bits per heavy atom. The molecule has 1 unspecified atom stereocenters. The molecule has 2 aromatic heterocycles. The van der Waals surface area contributed by atoms with Crippen LogP contribution >= 0.6 is 22.9 Å². The van der Waals surface area contributed by atoms with Crippen molar-refractivity contribution in [2.75, 3.05) is 0 Å². The van der Waals surface area contributed by atoms with Crippen molar-refractivity contribution in [3.63, 3.8) is 0 Å². The van der Waals surface area contributed by atoms with Crippen molar-refractivity contribution in [1.29, 1.82) is 5.26 Å².